The van der Waals surface area contributed by atoms with Crippen LogP contribution in [-0.2, 0) is 12.3 Å². The summed E-state index contributed by atoms with van der Waals surface area (Å²) in [5.74, 6) is 0.754. The first-order chi connectivity index (χ1) is 9.11. The molecule has 5 nitrogen and oxygen atoms in total. The van der Waals surface area contributed by atoms with Gasteiger partial charge in [-0.2, -0.15) is 0 Å². The van der Waals surface area contributed by atoms with Crippen molar-refractivity contribution in [1.82, 2.24) is 14.8 Å². The molecule has 100 valence electrons. The molecular formula is C13H15N3O2S. The molecule has 1 aromatic heterocycles. The van der Waals surface area contributed by atoms with Crippen LogP contribution in [0.4, 0.5) is 0 Å². The molecule has 0 fully saturated rings. The molecule has 0 amide bonds. The maximum absolute atomic E-state index is 10.8. The first-order valence-electron chi connectivity index (χ1n) is 5.96. The predicted molar refractivity (Wildman–Crippen MR) is 73.4 cm³/mol. The van der Waals surface area contributed by atoms with Crippen LogP contribution >= 0.6 is 11.8 Å². The van der Waals surface area contributed by atoms with Crippen molar-refractivity contribution in [2.24, 2.45) is 0 Å². The van der Waals surface area contributed by atoms with Gasteiger partial charge < -0.3 is 9.67 Å². The number of nitrogens with zero attached hydrogens (tertiary/aromatic N) is 3. The number of carboxylic acids is 1. The van der Waals surface area contributed by atoms with Gasteiger partial charge in [-0.05, 0) is 31.5 Å². The van der Waals surface area contributed by atoms with Gasteiger partial charge in [-0.1, -0.05) is 23.9 Å². The van der Waals surface area contributed by atoms with Crippen molar-refractivity contribution in [3.8, 4) is 0 Å². The standard InChI is InChI=1S/C13H15N3O2S/c1-3-16-9(2)14-15-13(16)19-8-10-4-6-11(7-5-10)12(17)18/h4-7H,3,8H2,1-2H3,(H,17,18). The van der Waals surface area contributed by atoms with Crippen LogP contribution in [0, 0.1) is 6.92 Å². The zero-order valence-corrected chi connectivity index (χ0v) is 11.6. The number of aromatic nitrogens is 3. The Balaban J connectivity index is 2.04. The Hall–Kier alpha value is -1.82. The molecule has 1 heterocycles. The summed E-state index contributed by atoms with van der Waals surface area (Å²) in [5.41, 5.74) is 1.37. The maximum atomic E-state index is 10.8. The van der Waals surface area contributed by atoms with Crippen LogP contribution in [0.25, 0.3) is 0 Å². The highest BCUT2D eigenvalue weighted by atomic mass is 32.2. The Morgan fingerprint density at radius 3 is 2.58 bits per heavy atom. The summed E-state index contributed by atoms with van der Waals surface area (Å²) < 4.78 is 2.05. The molecule has 0 atom stereocenters. The van der Waals surface area contributed by atoms with Crippen molar-refractivity contribution in [2.75, 3.05) is 0 Å². The molecule has 19 heavy (non-hydrogen) atoms. The molecule has 0 saturated carbocycles. The number of aromatic carboxylic acids is 1. The maximum Gasteiger partial charge on any atom is 0.335 e. The SMILES string of the molecule is CCn1c(C)nnc1SCc1ccc(C(=O)O)cc1. The molecule has 0 unspecified atom stereocenters. The summed E-state index contributed by atoms with van der Waals surface area (Å²) in [7, 11) is 0. The second kappa shape index (κ2) is 5.88. The Bertz CT molecular complexity index is 578. The van der Waals surface area contributed by atoms with E-state index in [1.165, 1.54) is 0 Å². The molecule has 0 spiro atoms. The normalized spacial score (nSPS) is 10.6. The van der Waals surface area contributed by atoms with Crippen molar-refractivity contribution < 1.29 is 9.90 Å². The molecule has 0 bridgehead atoms. The number of hydrogen-bond donors (Lipinski definition) is 1. The van der Waals surface area contributed by atoms with Gasteiger partial charge in [-0.25, -0.2) is 4.79 Å². The molecular weight excluding hydrogens is 262 g/mol. The molecule has 0 aliphatic heterocycles. The quantitative estimate of drug-likeness (QED) is 0.851. The Kier molecular flexibility index (Phi) is 4.21. The van der Waals surface area contributed by atoms with Crippen molar-refractivity contribution in [3.63, 3.8) is 0 Å². The van der Waals surface area contributed by atoms with Crippen LogP contribution in [0.3, 0.4) is 0 Å². The number of rotatable bonds is 5. The van der Waals surface area contributed by atoms with E-state index in [-0.39, 0.29) is 0 Å². The molecule has 1 aromatic carbocycles. The second-order valence-corrected chi connectivity index (χ2v) is 5.01. The number of thioether (sulfide) groups is 1. The fourth-order valence-corrected chi connectivity index (χ4v) is 2.73. The lowest BCUT2D eigenvalue weighted by Crippen LogP contribution is -1.99. The van der Waals surface area contributed by atoms with E-state index >= 15 is 0 Å². The molecule has 2 aromatic rings. The average molecular weight is 277 g/mol. The van der Waals surface area contributed by atoms with Gasteiger partial charge in [0.1, 0.15) is 5.82 Å². The number of carboxylic acid groups (broad SMARTS) is 1. The smallest absolute Gasteiger partial charge is 0.335 e. The summed E-state index contributed by atoms with van der Waals surface area (Å²) in [6.45, 7) is 4.84. The summed E-state index contributed by atoms with van der Waals surface area (Å²) in [4.78, 5) is 10.8. The van der Waals surface area contributed by atoms with E-state index in [0.29, 0.717) is 5.56 Å². The van der Waals surface area contributed by atoms with Crippen LogP contribution in [0.15, 0.2) is 29.4 Å². The molecule has 1 N–H and O–H groups in total. The van der Waals surface area contributed by atoms with Gasteiger partial charge >= 0.3 is 5.97 Å². The fraction of sp³-hybridized carbons (Fsp3) is 0.308. The number of carbonyl (C=O) groups is 1. The molecule has 0 radical (unpaired) electrons. The summed E-state index contributed by atoms with van der Waals surface area (Å²) in [6, 6.07) is 6.90. The van der Waals surface area contributed by atoms with Gasteiger partial charge in [0.15, 0.2) is 5.16 Å². The summed E-state index contributed by atoms with van der Waals surface area (Å²) in [6.07, 6.45) is 0. The summed E-state index contributed by atoms with van der Waals surface area (Å²) >= 11 is 1.60. The molecule has 6 heteroatoms. The molecule has 0 saturated heterocycles. The van der Waals surface area contributed by atoms with E-state index in [4.69, 9.17) is 5.11 Å². The van der Waals surface area contributed by atoms with Crippen molar-refractivity contribution in [2.45, 2.75) is 31.3 Å². The van der Waals surface area contributed by atoms with Gasteiger partial charge in [-0.3, -0.25) is 0 Å². The van der Waals surface area contributed by atoms with Crippen LogP contribution in [-0.4, -0.2) is 25.8 Å². The lowest BCUT2D eigenvalue weighted by Gasteiger charge is -2.05. The lowest BCUT2D eigenvalue weighted by atomic mass is 10.1. The zero-order chi connectivity index (χ0) is 13.8. The van der Waals surface area contributed by atoms with Crippen molar-refractivity contribution >= 4 is 17.7 Å². The Morgan fingerprint density at radius 2 is 2.00 bits per heavy atom. The van der Waals surface area contributed by atoms with E-state index < -0.39 is 5.97 Å². The minimum absolute atomic E-state index is 0.307. The zero-order valence-electron chi connectivity index (χ0n) is 10.8. The lowest BCUT2D eigenvalue weighted by molar-refractivity contribution is 0.0697. The van der Waals surface area contributed by atoms with E-state index in [1.54, 1.807) is 23.9 Å². The van der Waals surface area contributed by atoms with Crippen molar-refractivity contribution in [3.05, 3.63) is 41.2 Å². The third-order valence-electron chi connectivity index (χ3n) is 2.79. The van der Waals surface area contributed by atoms with Gasteiger partial charge in [0, 0.05) is 12.3 Å². The third-order valence-corrected chi connectivity index (χ3v) is 3.82. The predicted octanol–water partition coefficient (Wildman–Crippen LogP) is 2.60. The van der Waals surface area contributed by atoms with Crippen LogP contribution in [0.5, 0.6) is 0 Å². The number of hydrogen-bond acceptors (Lipinski definition) is 4. The van der Waals surface area contributed by atoms with Crippen LogP contribution in [0.2, 0.25) is 0 Å². The first kappa shape index (κ1) is 13.6. The van der Waals surface area contributed by atoms with E-state index in [2.05, 4.69) is 21.7 Å². The van der Waals surface area contributed by atoms with Crippen LogP contribution < -0.4 is 0 Å². The highest BCUT2D eigenvalue weighted by Crippen LogP contribution is 2.21. The Morgan fingerprint density at radius 1 is 1.32 bits per heavy atom. The third kappa shape index (κ3) is 3.14. The summed E-state index contributed by atoms with van der Waals surface area (Å²) in [5, 5.41) is 17.9. The average Bonchev–Trinajstić information content (AvgIpc) is 2.77. The van der Waals surface area contributed by atoms with E-state index in [9.17, 15) is 4.79 Å². The van der Waals surface area contributed by atoms with Gasteiger partial charge in [0.25, 0.3) is 0 Å². The van der Waals surface area contributed by atoms with Gasteiger partial charge in [-0.15, -0.1) is 10.2 Å². The van der Waals surface area contributed by atoms with E-state index in [1.807, 2.05) is 19.1 Å². The highest BCUT2D eigenvalue weighted by Gasteiger charge is 2.08. The van der Waals surface area contributed by atoms with E-state index in [0.717, 1.165) is 28.8 Å². The largest absolute Gasteiger partial charge is 0.478 e. The second-order valence-electron chi connectivity index (χ2n) is 4.06. The number of aryl methyl sites for hydroxylation is 1. The number of benzene rings is 1. The Labute approximate surface area is 115 Å². The topological polar surface area (TPSA) is 68.0 Å². The van der Waals surface area contributed by atoms with Gasteiger partial charge in [0.05, 0.1) is 5.56 Å². The highest BCUT2D eigenvalue weighted by molar-refractivity contribution is 7.98. The molecule has 2 rings (SSSR count). The first-order valence-corrected chi connectivity index (χ1v) is 6.95. The fourth-order valence-electron chi connectivity index (χ4n) is 1.72. The molecule has 0 aliphatic rings. The van der Waals surface area contributed by atoms with Crippen LogP contribution in [0.1, 0.15) is 28.7 Å². The monoisotopic (exact) mass is 277 g/mol. The minimum Gasteiger partial charge on any atom is -0.478 e. The minimum atomic E-state index is -0.902. The molecule has 0 aliphatic carbocycles. The van der Waals surface area contributed by atoms with Gasteiger partial charge in [0.2, 0.25) is 0 Å². The van der Waals surface area contributed by atoms with Crippen molar-refractivity contribution in [1.29, 1.82) is 0 Å².